The number of amides is 1. The summed E-state index contributed by atoms with van der Waals surface area (Å²) in [5, 5.41) is 17.4. The number of hydrogen-bond acceptors (Lipinski definition) is 3. The molecular formula is C14H23NO5. The zero-order valence-electron chi connectivity index (χ0n) is 11.7. The Bertz CT molecular complexity index is 333. The Balaban J connectivity index is 2.32. The van der Waals surface area contributed by atoms with Crippen LogP contribution in [0.15, 0.2) is 0 Å². The predicted octanol–water partition coefficient (Wildman–Crippen LogP) is 1.73. The molecule has 0 aromatic rings. The van der Waals surface area contributed by atoms with Gasteiger partial charge in [0, 0.05) is 6.42 Å². The van der Waals surface area contributed by atoms with Gasteiger partial charge in [-0.3, -0.25) is 14.4 Å². The number of carboxylic acid groups (broad SMARTS) is 2. The van der Waals surface area contributed by atoms with Crippen molar-refractivity contribution in [3.63, 3.8) is 0 Å². The third kappa shape index (κ3) is 6.54. The minimum Gasteiger partial charge on any atom is -0.480 e. The highest BCUT2D eigenvalue weighted by Crippen LogP contribution is 2.27. The molecule has 1 fully saturated rings. The van der Waals surface area contributed by atoms with Gasteiger partial charge in [-0.25, -0.2) is 0 Å². The third-order valence-electron chi connectivity index (χ3n) is 3.73. The molecule has 0 unspecified atom stereocenters. The Morgan fingerprint density at radius 3 is 2.00 bits per heavy atom. The first-order valence-corrected chi connectivity index (χ1v) is 7.20. The van der Waals surface area contributed by atoms with Crippen LogP contribution in [0.25, 0.3) is 0 Å². The van der Waals surface area contributed by atoms with Gasteiger partial charge in [-0.1, -0.05) is 32.1 Å². The molecule has 1 amide bonds. The highest BCUT2D eigenvalue weighted by molar-refractivity contribution is 5.85. The lowest BCUT2D eigenvalue weighted by molar-refractivity contribution is -0.149. The zero-order valence-corrected chi connectivity index (χ0v) is 11.7. The SMILES string of the molecule is O=C(O)CN(CC(=O)O)C(=O)CCCC1CCCCC1. The molecule has 114 valence electrons. The lowest BCUT2D eigenvalue weighted by atomic mass is 9.86. The average molecular weight is 285 g/mol. The van der Waals surface area contributed by atoms with Crippen molar-refractivity contribution in [1.29, 1.82) is 0 Å². The van der Waals surface area contributed by atoms with E-state index in [9.17, 15) is 14.4 Å². The summed E-state index contributed by atoms with van der Waals surface area (Å²) >= 11 is 0. The largest absolute Gasteiger partial charge is 0.480 e. The van der Waals surface area contributed by atoms with E-state index in [0.29, 0.717) is 12.3 Å². The number of hydrogen-bond donors (Lipinski definition) is 2. The molecule has 1 aliphatic rings. The molecule has 6 heteroatoms. The van der Waals surface area contributed by atoms with Crippen molar-refractivity contribution in [2.24, 2.45) is 5.92 Å². The Morgan fingerprint density at radius 1 is 0.950 bits per heavy atom. The van der Waals surface area contributed by atoms with E-state index in [1.807, 2.05) is 0 Å². The molecule has 0 atom stereocenters. The van der Waals surface area contributed by atoms with E-state index >= 15 is 0 Å². The molecule has 6 nitrogen and oxygen atoms in total. The van der Waals surface area contributed by atoms with Crippen molar-refractivity contribution in [2.45, 2.75) is 51.4 Å². The molecule has 2 N–H and O–H groups in total. The average Bonchev–Trinajstić information content (AvgIpc) is 2.38. The molecule has 0 bridgehead atoms. The second-order valence-corrected chi connectivity index (χ2v) is 5.43. The Morgan fingerprint density at radius 2 is 1.50 bits per heavy atom. The van der Waals surface area contributed by atoms with Crippen LogP contribution in [0.2, 0.25) is 0 Å². The van der Waals surface area contributed by atoms with Crippen LogP contribution < -0.4 is 0 Å². The molecule has 0 aliphatic heterocycles. The number of aliphatic carboxylic acids is 2. The first-order chi connectivity index (χ1) is 9.49. The van der Waals surface area contributed by atoms with E-state index in [-0.39, 0.29) is 12.3 Å². The number of carbonyl (C=O) groups is 3. The lowest BCUT2D eigenvalue weighted by Crippen LogP contribution is -2.39. The quantitative estimate of drug-likeness (QED) is 0.708. The van der Waals surface area contributed by atoms with Crippen molar-refractivity contribution in [3.05, 3.63) is 0 Å². The lowest BCUT2D eigenvalue weighted by Gasteiger charge is -2.22. The fourth-order valence-electron chi connectivity index (χ4n) is 2.73. The summed E-state index contributed by atoms with van der Waals surface area (Å²) in [7, 11) is 0. The molecular weight excluding hydrogens is 262 g/mol. The van der Waals surface area contributed by atoms with Gasteiger partial charge in [0.15, 0.2) is 0 Å². The number of carbonyl (C=O) groups excluding carboxylic acids is 1. The summed E-state index contributed by atoms with van der Waals surface area (Å²) in [6, 6.07) is 0. The molecule has 1 aliphatic carbocycles. The van der Waals surface area contributed by atoms with Crippen molar-refractivity contribution in [2.75, 3.05) is 13.1 Å². The summed E-state index contributed by atoms with van der Waals surface area (Å²) < 4.78 is 0. The molecule has 0 aromatic carbocycles. The molecule has 0 spiro atoms. The normalized spacial score (nSPS) is 15.8. The molecule has 0 saturated heterocycles. The summed E-state index contributed by atoms with van der Waals surface area (Å²) in [4.78, 5) is 34.0. The maximum absolute atomic E-state index is 11.9. The second-order valence-electron chi connectivity index (χ2n) is 5.43. The summed E-state index contributed by atoms with van der Waals surface area (Å²) in [5.41, 5.74) is 0. The van der Waals surface area contributed by atoms with Gasteiger partial charge >= 0.3 is 11.9 Å². The van der Waals surface area contributed by atoms with Crippen LogP contribution in [0.3, 0.4) is 0 Å². The fourth-order valence-corrected chi connectivity index (χ4v) is 2.73. The fraction of sp³-hybridized carbons (Fsp3) is 0.786. The van der Waals surface area contributed by atoms with Gasteiger partial charge in [0.25, 0.3) is 0 Å². The van der Waals surface area contributed by atoms with E-state index in [4.69, 9.17) is 10.2 Å². The van der Waals surface area contributed by atoms with Crippen LogP contribution in [0.1, 0.15) is 51.4 Å². The summed E-state index contributed by atoms with van der Waals surface area (Å²) in [6.45, 7) is -1.09. The van der Waals surface area contributed by atoms with Crippen molar-refractivity contribution in [1.82, 2.24) is 4.90 Å². The van der Waals surface area contributed by atoms with Gasteiger partial charge < -0.3 is 15.1 Å². The summed E-state index contributed by atoms with van der Waals surface area (Å²) in [6.07, 6.45) is 8.13. The molecule has 0 aromatic heterocycles. The van der Waals surface area contributed by atoms with E-state index in [0.717, 1.165) is 11.3 Å². The van der Waals surface area contributed by atoms with Crippen LogP contribution in [0.4, 0.5) is 0 Å². The van der Waals surface area contributed by atoms with Gasteiger partial charge in [0.05, 0.1) is 0 Å². The number of carboxylic acids is 2. The molecule has 0 heterocycles. The van der Waals surface area contributed by atoms with E-state index in [2.05, 4.69) is 0 Å². The summed E-state index contributed by atoms with van der Waals surface area (Å²) in [5.74, 6) is -2.09. The standard InChI is InChI=1S/C14H23NO5/c16-12(15(9-13(17)18)10-14(19)20)8-4-7-11-5-2-1-3-6-11/h11H,1-10H2,(H,17,18)(H,19,20). The van der Waals surface area contributed by atoms with Crippen LogP contribution in [-0.4, -0.2) is 46.0 Å². The first kappa shape index (κ1) is 16.5. The van der Waals surface area contributed by atoms with E-state index < -0.39 is 25.0 Å². The topological polar surface area (TPSA) is 94.9 Å². The highest BCUT2D eigenvalue weighted by Gasteiger charge is 2.20. The van der Waals surface area contributed by atoms with Gasteiger partial charge in [-0.2, -0.15) is 0 Å². The van der Waals surface area contributed by atoms with Gasteiger partial charge in [0.2, 0.25) is 5.91 Å². The van der Waals surface area contributed by atoms with Crippen LogP contribution in [0.5, 0.6) is 0 Å². The maximum Gasteiger partial charge on any atom is 0.323 e. The molecule has 0 radical (unpaired) electrons. The first-order valence-electron chi connectivity index (χ1n) is 7.20. The third-order valence-corrected chi connectivity index (χ3v) is 3.73. The van der Waals surface area contributed by atoms with Crippen LogP contribution >= 0.6 is 0 Å². The van der Waals surface area contributed by atoms with Crippen molar-refractivity contribution < 1.29 is 24.6 Å². The van der Waals surface area contributed by atoms with Gasteiger partial charge in [-0.05, 0) is 18.8 Å². The van der Waals surface area contributed by atoms with Gasteiger partial charge in [0.1, 0.15) is 13.1 Å². The van der Waals surface area contributed by atoms with Crippen LogP contribution in [0, 0.1) is 5.92 Å². The van der Waals surface area contributed by atoms with Crippen LogP contribution in [-0.2, 0) is 14.4 Å². The zero-order chi connectivity index (χ0) is 15.0. The van der Waals surface area contributed by atoms with Gasteiger partial charge in [-0.15, -0.1) is 0 Å². The predicted molar refractivity (Wildman–Crippen MR) is 72.3 cm³/mol. The van der Waals surface area contributed by atoms with E-state index in [1.165, 1.54) is 32.1 Å². The Hall–Kier alpha value is -1.59. The number of nitrogens with zero attached hydrogens (tertiary/aromatic N) is 1. The van der Waals surface area contributed by atoms with E-state index in [1.54, 1.807) is 0 Å². The Kier molecular flexibility index (Phi) is 7.04. The Labute approximate surface area is 118 Å². The molecule has 1 rings (SSSR count). The maximum atomic E-state index is 11.9. The molecule has 20 heavy (non-hydrogen) atoms. The highest BCUT2D eigenvalue weighted by atomic mass is 16.4. The monoisotopic (exact) mass is 285 g/mol. The molecule has 1 saturated carbocycles. The smallest absolute Gasteiger partial charge is 0.323 e. The minimum absolute atomic E-state index is 0.233. The van der Waals surface area contributed by atoms with Crippen molar-refractivity contribution in [3.8, 4) is 0 Å². The van der Waals surface area contributed by atoms with Crippen molar-refractivity contribution >= 4 is 17.8 Å². The number of rotatable bonds is 8. The minimum atomic E-state index is -1.19. The second kappa shape index (κ2) is 8.55.